The summed E-state index contributed by atoms with van der Waals surface area (Å²) in [5.41, 5.74) is 5.01. The Morgan fingerprint density at radius 3 is 2.52 bits per heavy atom. The normalized spacial score (nSPS) is 23.5. The van der Waals surface area contributed by atoms with Crippen molar-refractivity contribution in [2.24, 2.45) is 5.92 Å². The van der Waals surface area contributed by atoms with E-state index in [2.05, 4.69) is 40.8 Å². The fraction of sp³-hybridized carbons (Fsp3) is 0.652. The Morgan fingerprint density at radius 2 is 1.86 bits per heavy atom. The first-order valence-electron chi connectivity index (χ1n) is 11.2. The van der Waals surface area contributed by atoms with Crippen molar-refractivity contribution in [3.05, 3.63) is 23.3 Å². The Hall–Kier alpha value is -2.08. The maximum atomic E-state index is 12.6. The third kappa shape index (κ3) is 3.52. The molecule has 1 aromatic heterocycles. The zero-order valence-corrected chi connectivity index (χ0v) is 17.6. The van der Waals surface area contributed by atoms with Gasteiger partial charge < -0.3 is 19.5 Å². The quantitative estimate of drug-likeness (QED) is 0.859. The van der Waals surface area contributed by atoms with Crippen molar-refractivity contribution in [1.29, 1.82) is 0 Å². The number of fused-ring (bicyclic) bond motifs is 1. The minimum atomic E-state index is 0.109. The fourth-order valence-electron chi connectivity index (χ4n) is 4.87. The van der Waals surface area contributed by atoms with Crippen LogP contribution in [0.5, 0.6) is 0 Å². The number of amides is 1. The monoisotopic (exact) mass is 396 g/mol. The average Bonchev–Trinajstić information content (AvgIpc) is 3.30. The van der Waals surface area contributed by atoms with Crippen LogP contribution in [0.15, 0.2) is 12.1 Å². The summed E-state index contributed by atoms with van der Waals surface area (Å²) in [7, 11) is 0. The molecule has 3 aliphatic rings. The van der Waals surface area contributed by atoms with Crippen LogP contribution in [0.4, 0.5) is 5.95 Å². The molecule has 6 nitrogen and oxygen atoms in total. The highest BCUT2D eigenvalue weighted by molar-refractivity contribution is 5.82. The van der Waals surface area contributed by atoms with Gasteiger partial charge in [0.15, 0.2) is 0 Å². The van der Waals surface area contributed by atoms with Gasteiger partial charge in [-0.2, -0.15) is 0 Å². The van der Waals surface area contributed by atoms with Gasteiger partial charge in [-0.1, -0.05) is 0 Å². The number of hydrogen-bond acceptors (Lipinski definition) is 4. The molecule has 3 fully saturated rings. The second-order valence-corrected chi connectivity index (χ2v) is 9.12. The van der Waals surface area contributed by atoms with Crippen molar-refractivity contribution in [3.63, 3.8) is 0 Å². The Labute approximate surface area is 172 Å². The van der Waals surface area contributed by atoms with Crippen molar-refractivity contribution in [3.8, 4) is 0 Å². The molecule has 1 amide bonds. The van der Waals surface area contributed by atoms with E-state index in [-0.39, 0.29) is 17.9 Å². The predicted octanol–water partition coefficient (Wildman–Crippen LogP) is 3.50. The number of rotatable bonds is 4. The number of imidazole rings is 1. The summed E-state index contributed by atoms with van der Waals surface area (Å²) in [6.45, 7) is 7.57. The Balaban J connectivity index is 1.34. The summed E-state index contributed by atoms with van der Waals surface area (Å²) in [4.78, 5) is 20.1. The highest BCUT2D eigenvalue weighted by Gasteiger charge is 2.32. The number of aryl methyl sites for hydroxylation is 2. The van der Waals surface area contributed by atoms with E-state index in [1.54, 1.807) is 0 Å². The molecule has 1 N–H and O–H groups in total. The SMILES string of the molecule is Cc1cc2nc(N3CCC(C(=O)N[C@@H]4CCOC4)CC3)n(C3CCC3)c2cc1C. The minimum Gasteiger partial charge on any atom is -0.379 e. The lowest BCUT2D eigenvalue weighted by Crippen LogP contribution is -2.44. The Kier molecular flexibility index (Phi) is 4.98. The van der Waals surface area contributed by atoms with Crippen LogP contribution >= 0.6 is 0 Å². The molecule has 1 atom stereocenters. The van der Waals surface area contributed by atoms with Gasteiger partial charge in [0.1, 0.15) is 0 Å². The molecular formula is C23H32N4O2. The van der Waals surface area contributed by atoms with Gasteiger partial charge in [-0.25, -0.2) is 4.98 Å². The van der Waals surface area contributed by atoms with Gasteiger partial charge in [0, 0.05) is 31.7 Å². The highest BCUT2D eigenvalue weighted by atomic mass is 16.5. The second kappa shape index (κ2) is 7.63. The number of nitrogens with zero attached hydrogens (tertiary/aromatic N) is 3. The maximum Gasteiger partial charge on any atom is 0.223 e. The van der Waals surface area contributed by atoms with Gasteiger partial charge in [0.25, 0.3) is 0 Å². The molecule has 3 heterocycles. The zero-order valence-electron chi connectivity index (χ0n) is 17.6. The van der Waals surface area contributed by atoms with Crippen LogP contribution in [-0.2, 0) is 9.53 Å². The summed E-state index contributed by atoms with van der Waals surface area (Å²) in [6, 6.07) is 5.31. The van der Waals surface area contributed by atoms with Crippen LogP contribution in [0.1, 0.15) is 55.7 Å². The van der Waals surface area contributed by atoms with Crippen LogP contribution in [0.3, 0.4) is 0 Å². The molecule has 0 bridgehead atoms. The van der Waals surface area contributed by atoms with Crippen LogP contribution in [-0.4, -0.2) is 47.8 Å². The summed E-state index contributed by atoms with van der Waals surface area (Å²) < 4.78 is 7.87. The van der Waals surface area contributed by atoms with E-state index in [9.17, 15) is 4.79 Å². The van der Waals surface area contributed by atoms with Crippen LogP contribution < -0.4 is 10.2 Å². The molecule has 1 saturated carbocycles. The summed E-state index contributed by atoms with van der Waals surface area (Å²) in [5.74, 6) is 1.43. The third-order valence-corrected chi connectivity index (χ3v) is 7.15. The number of nitrogens with one attached hydrogen (secondary N) is 1. The molecule has 6 heteroatoms. The van der Waals surface area contributed by atoms with E-state index in [0.29, 0.717) is 12.6 Å². The van der Waals surface area contributed by atoms with E-state index in [0.717, 1.165) is 50.4 Å². The molecule has 1 aromatic carbocycles. The number of benzene rings is 1. The maximum absolute atomic E-state index is 12.6. The lowest BCUT2D eigenvalue weighted by molar-refractivity contribution is -0.126. The lowest BCUT2D eigenvalue weighted by atomic mass is 9.92. The number of piperidine rings is 1. The van der Waals surface area contributed by atoms with Gasteiger partial charge in [-0.05, 0) is 75.6 Å². The number of carbonyl (C=O) groups is 1. The molecule has 1 aliphatic carbocycles. The van der Waals surface area contributed by atoms with Crippen LogP contribution in [0, 0.1) is 19.8 Å². The molecule has 0 spiro atoms. The van der Waals surface area contributed by atoms with Gasteiger partial charge >= 0.3 is 0 Å². The first kappa shape index (κ1) is 18.9. The first-order chi connectivity index (χ1) is 14.1. The Morgan fingerprint density at radius 1 is 1.10 bits per heavy atom. The van der Waals surface area contributed by atoms with Crippen molar-refractivity contribution in [2.45, 2.75) is 64.5 Å². The number of ether oxygens (including phenoxy) is 1. The lowest BCUT2D eigenvalue weighted by Gasteiger charge is -2.36. The molecule has 2 aliphatic heterocycles. The number of hydrogen-bond donors (Lipinski definition) is 1. The predicted molar refractivity (Wildman–Crippen MR) is 114 cm³/mol. The van der Waals surface area contributed by atoms with E-state index >= 15 is 0 Å². The largest absolute Gasteiger partial charge is 0.379 e. The molecule has 29 heavy (non-hydrogen) atoms. The summed E-state index contributed by atoms with van der Waals surface area (Å²) in [6.07, 6.45) is 6.52. The molecule has 0 unspecified atom stereocenters. The third-order valence-electron chi connectivity index (χ3n) is 7.15. The molecular weight excluding hydrogens is 364 g/mol. The number of aromatic nitrogens is 2. The second-order valence-electron chi connectivity index (χ2n) is 9.12. The topological polar surface area (TPSA) is 59.4 Å². The van der Waals surface area contributed by atoms with E-state index in [1.807, 2.05) is 0 Å². The standard InChI is InChI=1S/C23H32N4O2/c1-15-12-20-21(13-16(15)2)27(19-4-3-5-19)23(25-20)26-9-6-17(7-10-26)22(28)24-18-8-11-29-14-18/h12-13,17-19H,3-11,14H2,1-2H3,(H,24,28)/t18-/m1/s1. The van der Waals surface area contributed by atoms with Crippen molar-refractivity contribution < 1.29 is 9.53 Å². The highest BCUT2D eigenvalue weighted by Crippen LogP contribution is 2.39. The average molecular weight is 397 g/mol. The minimum absolute atomic E-state index is 0.109. The van der Waals surface area contributed by atoms with E-state index in [4.69, 9.17) is 9.72 Å². The number of anilines is 1. The van der Waals surface area contributed by atoms with Gasteiger partial charge in [-0.15, -0.1) is 0 Å². The van der Waals surface area contributed by atoms with Crippen LogP contribution in [0.2, 0.25) is 0 Å². The fourth-order valence-corrected chi connectivity index (χ4v) is 4.87. The molecule has 0 radical (unpaired) electrons. The van der Waals surface area contributed by atoms with Crippen molar-refractivity contribution in [1.82, 2.24) is 14.9 Å². The van der Waals surface area contributed by atoms with E-state index in [1.165, 1.54) is 35.9 Å². The van der Waals surface area contributed by atoms with Crippen molar-refractivity contribution in [2.75, 3.05) is 31.2 Å². The van der Waals surface area contributed by atoms with Crippen LogP contribution in [0.25, 0.3) is 11.0 Å². The van der Waals surface area contributed by atoms with Gasteiger partial charge in [0.2, 0.25) is 11.9 Å². The molecule has 5 rings (SSSR count). The molecule has 156 valence electrons. The Bertz CT molecular complexity index is 903. The molecule has 2 aromatic rings. The zero-order chi connectivity index (χ0) is 20.0. The smallest absolute Gasteiger partial charge is 0.223 e. The summed E-state index contributed by atoms with van der Waals surface area (Å²) in [5, 5.41) is 3.18. The first-order valence-corrected chi connectivity index (χ1v) is 11.2. The van der Waals surface area contributed by atoms with Crippen molar-refractivity contribution >= 4 is 22.9 Å². The molecule has 2 saturated heterocycles. The summed E-state index contributed by atoms with van der Waals surface area (Å²) >= 11 is 0. The number of carbonyl (C=O) groups excluding carboxylic acids is 1. The van der Waals surface area contributed by atoms with E-state index < -0.39 is 0 Å². The van der Waals surface area contributed by atoms with Gasteiger partial charge in [-0.3, -0.25) is 4.79 Å². The van der Waals surface area contributed by atoms with Gasteiger partial charge in [0.05, 0.1) is 23.7 Å².